The van der Waals surface area contributed by atoms with Crippen molar-refractivity contribution in [1.82, 2.24) is 14.7 Å². The van der Waals surface area contributed by atoms with Gasteiger partial charge < -0.3 is 20.1 Å². The minimum Gasteiger partial charge on any atom is -0.444 e. The zero-order chi connectivity index (χ0) is 21.2. The van der Waals surface area contributed by atoms with E-state index < -0.39 is 12.2 Å². The Morgan fingerprint density at radius 3 is 2.55 bits per heavy atom. The number of likely N-dealkylation sites (tertiary alicyclic amines) is 1. The lowest BCUT2D eigenvalue weighted by Gasteiger charge is -2.33. The molecule has 2 N–H and O–H groups in total. The van der Waals surface area contributed by atoms with Crippen LogP contribution in [0.4, 0.5) is 19.3 Å². The number of nitrogens with two attached hydrogens (primary N) is 1. The van der Waals surface area contributed by atoms with E-state index in [2.05, 4.69) is 9.84 Å². The van der Waals surface area contributed by atoms with Crippen LogP contribution in [0.3, 0.4) is 0 Å². The second kappa shape index (κ2) is 8.26. The van der Waals surface area contributed by atoms with Crippen LogP contribution in [-0.2, 0) is 4.74 Å². The predicted molar refractivity (Wildman–Crippen MR) is 105 cm³/mol. The number of halogens is 2. The van der Waals surface area contributed by atoms with Crippen LogP contribution in [0.15, 0.2) is 30.6 Å². The average Bonchev–Trinajstić information content (AvgIpc) is 3.12. The highest BCUT2D eigenvalue weighted by Gasteiger charge is 2.28. The van der Waals surface area contributed by atoms with Crippen LogP contribution < -0.4 is 10.5 Å². The summed E-state index contributed by atoms with van der Waals surface area (Å²) in [6.45, 7) is 3.77. The molecule has 1 aromatic carbocycles. The maximum Gasteiger partial charge on any atom is 0.410 e. The maximum absolute atomic E-state index is 12.5. The van der Waals surface area contributed by atoms with E-state index in [-0.39, 0.29) is 23.6 Å². The molecule has 1 aliphatic rings. The van der Waals surface area contributed by atoms with E-state index in [1.165, 1.54) is 12.1 Å². The topological polar surface area (TPSA) is 82.6 Å². The zero-order valence-corrected chi connectivity index (χ0v) is 16.8. The first-order valence-electron chi connectivity index (χ1n) is 9.49. The maximum atomic E-state index is 12.5. The molecule has 2 aromatic rings. The van der Waals surface area contributed by atoms with Gasteiger partial charge in [0.25, 0.3) is 0 Å². The fourth-order valence-corrected chi connectivity index (χ4v) is 3.24. The predicted octanol–water partition coefficient (Wildman–Crippen LogP) is 4.31. The van der Waals surface area contributed by atoms with Crippen molar-refractivity contribution in [1.29, 1.82) is 0 Å². The second-order valence-electron chi connectivity index (χ2n) is 8.04. The quantitative estimate of drug-likeness (QED) is 0.763. The molecule has 0 unspecified atom stereocenters. The zero-order valence-electron chi connectivity index (χ0n) is 16.8. The summed E-state index contributed by atoms with van der Waals surface area (Å²) < 4.78 is 36.8. The molecule has 1 amide bonds. The number of amides is 1. The van der Waals surface area contributed by atoms with Gasteiger partial charge in [-0.05, 0) is 51.3 Å². The minimum atomic E-state index is -2.94. The molecule has 0 atom stereocenters. The van der Waals surface area contributed by atoms with E-state index in [0.717, 1.165) is 18.4 Å². The Hall–Kier alpha value is -2.84. The first-order chi connectivity index (χ1) is 13.6. The summed E-state index contributed by atoms with van der Waals surface area (Å²) in [7, 11) is 0. The molecule has 0 spiro atoms. The summed E-state index contributed by atoms with van der Waals surface area (Å²) in [6, 6.07) is 4.89. The van der Waals surface area contributed by atoms with E-state index in [1.807, 2.05) is 31.6 Å². The molecule has 0 saturated carbocycles. The smallest absolute Gasteiger partial charge is 0.410 e. The van der Waals surface area contributed by atoms with Crippen molar-refractivity contribution in [3.63, 3.8) is 0 Å². The molecule has 2 heterocycles. The lowest BCUT2D eigenvalue weighted by atomic mass is 10.1. The number of hydrogen-bond donors (Lipinski definition) is 1. The van der Waals surface area contributed by atoms with Crippen LogP contribution >= 0.6 is 0 Å². The number of nitrogens with zero attached hydrogens (tertiary/aromatic N) is 3. The molecule has 7 nitrogen and oxygen atoms in total. The molecule has 1 aromatic heterocycles. The average molecular weight is 408 g/mol. The Morgan fingerprint density at radius 2 is 1.93 bits per heavy atom. The molecular formula is C20H26F2N4O3. The number of aromatic nitrogens is 2. The molecule has 29 heavy (non-hydrogen) atoms. The first-order valence-corrected chi connectivity index (χ1v) is 9.49. The fourth-order valence-electron chi connectivity index (χ4n) is 3.24. The van der Waals surface area contributed by atoms with E-state index in [9.17, 15) is 13.6 Å². The Labute approximate surface area is 168 Å². The van der Waals surface area contributed by atoms with Crippen molar-refractivity contribution < 1.29 is 23.0 Å². The molecule has 0 bridgehead atoms. The third kappa shape index (κ3) is 5.36. The van der Waals surface area contributed by atoms with Crippen LogP contribution in [0.5, 0.6) is 5.75 Å². The van der Waals surface area contributed by atoms with Crippen molar-refractivity contribution in [3.05, 3.63) is 30.6 Å². The number of rotatable bonds is 4. The summed E-state index contributed by atoms with van der Waals surface area (Å²) in [4.78, 5) is 13.9. The molecule has 9 heteroatoms. The normalized spacial score (nSPS) is 15.6. The van der Waals surface area contributed by atoms with Gasteiger partial charge in [0, 0.05) is 24.8 Å². The summed E-state index contributed by atoms with van der Waals surface area (Å²) in [6.07, 6.45) is 4.75. The number of ether oxygens (including phenoxy) is 2. The highest BCUT2D eigenvalue weighted by atomic mass is 19.3. The van der Waals surface area contributed by atoms with Gasteiger partial charge in [-0.2, -0.15) is 13.9 Å². The molecule has 1 saturated heterocycles. The Balaban J connectivity index is 1.65. The summed E-state index contributed by atoms with van der Waals surface area (Å²) in [5.41, 5.74) is 6.79. The Bertz CT molecular complexity index is 856. The van der Waals surface area contributed by atoms with Gasteiger partial charge in [0.15, 0.2) is 0 Å². The van der Waals surface area contributed by atoms with Crippen molar-refractivity contribution >= 4 is 11.8 Å². The molecule has 0 aliphatic carbocycles. The molecule has 158 valence electrons. The molecule has 0 radical (unpaired) electrons. The van der Waals surface area contributed by atoms with Crippen LogP contribution in [0.1, 0.15) is 39.7 Å². The standard InChI is InChI=1S/C20H26F2N4O3/c1-20(2,3)29-19(27)25-8-6-15(7-9-25)26-12-14(11-24-26)13-4-5-16(23)17(10-13)28-18(21)22/h4-5,10-12,15,18H,6-9,23H2,1-3H3. The number of carbonyl (C=O) groups excluding carboxylic acids is 1. The highest BCUT2D eigenvalue weighted by molar-refractivity contribution is 5.69. The van der Waals surface area contributed by atoms with Crippen LogP contribution in [-0.4, -0.2) is 46.1 Å². The van der Waals surface area contributed by atoms with Crippen molar-refractivity contribution in [3.8, 4) is 16.9 Å². The van der Waals surface area contributed by atoms with E-state index >= 15 is 0 Å². The molecular weight excluding hydrogens is 382 g/mol. The highest BCUT2D eigenvalue weighted by Crippen LogP contribution is 2.31. The van der Waals surface area contributed by atoms with Crippen molar-refractivity contribution in [2.75, 3.05) is 18.8 Å². The van der Waals surface area contributed by atoms with Gasteiger partial charge in [-0.25, -0.2) is 4.79 Å². The lowest BCUT2D eigenvalue weighted by molar-refractivity contribution is -0.0493. The van der Waals surface area contributed by atoms with E-state index in [0.29, 0.717) is 18.7 Å². The second-order valence-corrected chi connectivity index (χ2v) is 8.04. The molecule has 3 rings (SSSR count). The fraction of sp³-hybridized carbons (Fsp3) is 0.500. The Morgan fingerprint density at radius 1 is 1.24 bits per heavy atom. The number of carbonyl (C=O) groups is 1. The van der Waals surface area contributed by atoms with Gasteiger partial charge in [-0.1, -0.05) is 6.07 Å². The van der Waals surface area contributed by atoms with Crippen LogP contribution in [0.25, 0.3) is 11.1 Å². The first kappa shape index (κ1) is 20.9. The summed E-state index contributed by atoms with van der Waals surface area (Å²) in [5.74, 6) is -0.0593. The van der Waals surface area contributed by atoms with Crippen LogP contribution in [0.2, 0.25) is 0 Å². The van der Waals surface area contributed by atoms with Gasteiger partial charge in [0.2, 0.25) is 0 Å². The number of piperidine rings is 1. The number of hydrogen-bond acceptors (Lipinski definition) is 5. The minimum absolute atomic E-state index is 0.0593. The number of alkyl halides is 2. The third-order valence-electron chi connectivity index (χ3n) is 4.65. The Kier molecular flexibility index (Phi) is 5.95. The number of anilines is 1. The van der Waals surface area contributed by atoms with Crippen LogP contribution in [0, 0.1) is 0 Å². The van der Waals surface area contributed by atoms with Crippen molar-refractivity contribution in [2.45, 2.75) is 51.9 Å². The number of benzene rings is 1. The summed E-state index contributed by atoms with van der Waals surface area (Å²) in [5, 5.41) is 4.42. The van der Waals surface area contributed by atoms with Crippen molar-refractivity contribution in [2.24, 2.45) is 0 Å². The number of nitrogen functional groups attached to an aromatic ring is 1. The van der Waals surface area contributed by atoms with Gasteiger partial charge in [0.05, 0.1) is 17.9 Å². The summed E-state index contributed by atoms with van der Waals surface area (Å²) >= 11 is 0. The van der Waals surface area contributed by atoms with Gasteiger partial charge in [-0.15, -0.1) is 0 Å². The van der Waals surface area contributed by atoms with Gasteiger partial charge >= 0.3 is 12.7 Å². The molecule has 1 fully saturated rings. The van der Waals surface area contributed by atoms with Gasteiger partial charge in [-0.3, -0.25) is 4.68 Å². The largest absolute Gasteiger partial charge is 0.444 e. The van der Waals surface area contributed by atoms with E-state index in [1.54, 1.807) is 17.2 Å². The third-order valence-corrected chi connectivity index (χ3v) is 4.65. The molecule has 1 aliphatic heterocycles. The SMILES string of the molecule is CC(C)(C)OC(=O)N1CCC(n2cc(-c3ccc(N)c(OC(F)F)c3)cn2)CC1. The van der Waals surface area contributed by atoms with E-state index in [4.69, 9.17) is 10.5 Å². The van der Waals surface area contributed by atoms with Gasteiger partial charge in [0.1, 0.15) is 11.4 Å². The lowest BCUT2D eigenvalue weighted by Crippen LogP contribution is -2.42. The monoisotopic (exact) mass is 408 g/mol.